The summed E-state index contributed by atoms with van der Waals surface area (Å²) < 4.78 is 3.30. The SMILES string of the molecule is COc1ccccc1C(=O)NC(NC(=S)Nc1ccc(Cl)cc1)C(Cl)(Cl)Cl. The van der Waals surface area contributed by atoms with E-state index in [1.54, 1.807) is 48.5 Å². The number of halogens is 4. The number of anilines is 1. The smallest absolute Gasteiger partial charge is 0.256 e. The molecule has 0 saturated heterocycles. The summed E-state index contributed by atoms with van der Waals surface area (Å²) in [6.07, 6.45) is -1.10. The van der Waals surface area contributed by atoms with Crippen LogP contribution in [0.4, 0.5) is 5.69 Å². The number of thiocarbonyl (C=S) groups is 1. The molecule has 0 fully saturated rings. The van der Waals surface area contributed by atoms with Crippen molar-refractivity contribution in [2.75, 3.05) is 12.4 Å². The Bertz CT molecular complexity index is 813. The van der Waals surface area contributed by atoms with Gasteiger partial charge in [0.2, 0.25) is 3.79 Å². The van der Waals surface area contributed by atoms with Crippen LogP contribution in [0.25, 0.3) is 0 Å². The van der Waals surface area contributed by atoms with E-state index in [9.17, 15) is 4.79 Å². The first kappa shape index (κ1) is 21.9. The van der Waals surface area contributed by atoms with Crippen molar-refractivity contribution < 1.29 is 9.53 Å². The third kappa shape index (κ3) is 6.59. The molecule has 0 aromatic heterocycles. The molecule has 5 nitrogen and oxygen atoms in total. The Hall–Kier alpha value is -1.44. The fourth-order valence-corrected chi connectivity index (χ4v) is 2.76. The second-order valence-electron chi connectivity index (χ2n) is 5.25. The molecule has 0 aliphatic rings. The monoisotopic (exact) mass is 465 g/mol. The first-order chi connectivity index (χ1) is 12.7. The summed E-state index contributed by atoms with van der Waals surface area (Å²) in [4.78, 5) is 12.6. The van der Waals surface area contributed by atoms with Gasteiger partial charge in [0, 0.05) is 10.7 Å². The van der Waals surface area contributed by atoms with Gasteiger partial charge in [0.25, 0.3) is 5.91 Å². The average molecular weight is 467 g/mol. The molecule has 1 atom stereocenters. The molecule has 144 valence electrons. The van der Waals surface area contributed by atoms with Crippen LogP contribution >= 0.6 is 58.6 Å². The Balaban J connectivity index is 2.10. The molecule has 2 aromatic carbocycles. The summed E-state index contributed by atoms with van der Waals surface area (Å²) in [5.74, 6) is -0.106. The molecular formula is C17H15Cl4N3O2S. The highest BCUT2D eigenvalue weighted by Crippen LogP contribution is 2.30. The number of rotatable bonds is 5. The van der Waals surface area contributed by atoms with Gasteiger partial charge in [0.15, 0.2) is 5.11 Å². The Morgan fingerprint density at radius 1 is 1.07 bits per heavy atom. The number of benzene rings is 2. The predicted molar refractivity (Wildman–Crippen MR) is 115 cm³/mol. The molecule has 0 saturated carbocycles. The highest BCUT2D eigenvalue weighted by atomic mass is 35.6. The van der Waals surface area contributed by atoms with Crippen molar-refractivity contribution >= 4 is 75.3 Å². The number of alkyl halides is 3. The summed E-state index contributed by atoms with van der Waals surface area (Å²) in [7, 11) is 1.46. The number of nitrogens with one attached hydrogen (secondary N) is 3. The molecule has 2 rings (SSSR count). The fourth-order valence-electron chi connectivity index (χ4n) is 2.07. The summed E-state index contributed by atoms with van der Waals surface area (Å²) in [5, 5.41) is 9.03. The van der Waals surface area contributed by atoms with Crippen LogP contribution in [-0.2, 0) is 0 Å². The number of carbonyl (C=O) groups excluding carboxylic acids is 1. The molecule has 27 heavy (non-hydrogen) atoms. The predicted octanol–water partition coefficient (Wildman–Crippen LogP) is 4.76. The maximum absolute atomic E-state index is 12.6. The van der Waals surface area contributed by atoms with Crippen LogP contribution in [0, 0.1) is 0 Å². The van der Waals surface area contributed by atoms with Gasteiger partial charge in [-0.05, 0) is 48.6 Å². The van der Waals surface area contributed by atoms with Gasteiger partial charge in [-0.25, -0.2) is 0 Å². The first-order valence-electron chi connectivity index (χ1n) is 7.54. The lowest BCUT2D eigenvalue weighted by Gasteiger charge is -2.28. The largest absolute Gasteiger partial charge is 0.496 e. The normalized spacial score (nSPS) is 12.0. The lowest BCUT2D eigenvalue weighted by Crippen LogP contribution is -2.56. The topological polar surface area (TPSA) is 62.4 Å². The Kier molecular flexibility index (Phi) is 7.82. The zero-order valence-electron chi connectivity index (χ0n) is 13.9. The van der Waals surface area contributed by atoms with Crippen molar-refractivity contribution in [1.82, 2.24) is 10.6 Å². The summed E-state index contributed by atoms with van der Waals surface area (Å²) in [6.45, 7) is 0. The van der Waals surface area contributed by atoms with Crippen molar-refractivity contribution in [3.63, 3.8) is 0 Å². The minimum absolute atomic E-state index is 0.147. The number of carbonyl (C=O) groups is 1. The Morgan fingerprint density at radius 2 is 1.70 bits per heavy atom. The van der Waals surface area contributed by atoms with Crippen LogP contribution in [0.1, 0.15) is 10.4 Å². The van der Waals surface area contributed by atoms with E-state index in [1.165, 1.54) is 7.11 Å². The van der Waals surface area contributed by atoms with Gasteiger partial charge in [-0.2, -0.15) is 0 Å². The molecule has 1 unspecified atom stereocenters. The van der Waals surface area contributed by atoms with Crippen molar-refractivity contribution in [3.05, 3.63) is 59.1 Å². The number of ether oxygens (including phenoxy) is 1. The number of hydrogen-bond donors (Lipinski definition) is 3. The molecule has 0 spiro atoms. The molecular weight excluding hydrogens is 452 g/mol. The molecule has 0 aliphatic heterocycles. The standard InChI is InChI=1S/C17H15Cl4N3O2S/c1-26-13-5-3-2-4-12(13)14(25)23-15(17(19,20)21)24-16(27)22-11-8-6-10(18)7-9-11/h2-9,15H,1H3,(H,23,25)(H2,22,24,27). The van der Waals surface area contributed by atoms with Crippen LogP contribution in [0.2, 0.25) is 5.02 Å². The molecule has 3 N–H and O–H groups in total. The van der Waals surface area contributed by atoms with E-state index in [1.807, 2.05) is 0 Å². The molecule has 0 heterocycles. The number of hydrogen-bond acceptors (Lipinski definition) is 3. The summed E-state index contributed by atoms with van der Waals surface area (Å²) in [5.41, 5.74) is 0.966. The number of para-hydroxylation sites is 1. The third-order valence-corrected chi connectivity index (χ3v) is 4.46. The van der Waals surface area contributed by atoms with E-state index in [2.05, 4.69) is 16.0 Å². The van der Waals surface area contributed by atoms with E-state index in [4.69, 9.17) is 63.4 Å². The number of methoxy groups -OCH3 is 1. The quantitative estimate of drug-likeness (QED) is 0.337. The van der Waals surface area contributed by atoms with E-state index < -0.39 is 15.9 Å². The minimum Gasteiger partial charge on any atom is -0.496 e. The number of amides is 1. The van der Waals surface area contributed by atoms with Gasteiger partial charge in [-0.1, -0.05) is 58.5 Å². The van der Waals surface area contributed by atoms with Gasteiger partial charge in [0.1, 0.15) is 11.9 Å². The van der Waals surface area contributed by atoms with Gasteiger partial charge in [-0.3, -0.25) is 4.79 Å². The molecule has 2 aromatic rings. The van der Waals surface area contributed by atoms with Crippen LogP contribution in [0.5, 0.6) is 5.75 Å². The van der Waals surface area contributed by atoms with Crippen LogP contribution in [0.15, 0.2) is 48.5 Å². The van der Waals surface area contributed by atoms with Crippen molar-refractivity contribution in [3.8, 4) is 5.75 Å². The van der Waals surface area contributed by atoms with Gasteiger partial charge < -0.3 is 20.7 Å². The highest BCUT2D eigenvalue weighted by molar-refractivity contribution is 7.80. The lowest BCUT2D eigenvalue weighted by molar-refractivity contribution is 0.0931. The maximum atomic E-state index is 12.6. The molecule has 0 bridgehead atoms. The van der Waals surface area contributed by atoms with E-state index in [-0.39, 0.29) is 10.7 Å². The van der Waals surface area contributed by atoms with E-state index in [0.29, 0.717) is 16.5 Å². The van der Waals surface area contributed by atoms with Crippen LogP contribution < -0.4 is 20.7 Å². The van der Waals surface area contributed by atoms with Gasteiger partial charge in [-0.15, -0.1) is 0 Å². The van der Waals surface area contributed by atoms with Crippen molar-refractivity contribution in [2.24, 2.45) is 0 Å². The zero-order valence-corrected chi connectivity index (χ0v) is 17.8. The van der Waals surface area contributed by atoms with E-state index >= 15 is 0 Å². The lowest BCUT2D eigenvalue weighted by atomic mass is 10.2. The second kappa shape index (κ2) is 9.66. The Morgan fingerprint density at radius 3 is 2.30 bits per heavy atom. The summed E-state index contributed by atoms with van der Waals surface area (Å²) >= 11 is 29.0. The third-order valence-electron chi connectivity index (χ3n) is 3.33. The van der Waals surface area contributed by atoms with Crippen LogP contribution in [0.3, 0.4) is 0 Å². The van der Waals surface area contributed by atoms with Crippen molar-refractivity contribution in [2.45, 2.75) is 9.96 Å². The highest BCUT2D eigenvalue weighted by Gasteiger charge is 2.35. The molecule has 10 heteroatoms. The Labute approximate surface area is 182 Å². The van der Waals surface area contributed by atoms with Crippen molar-refractivity contribution in [1.29, 1.82) is 0 Å². The van der Waals surface area contributed by atoms with Crippen LogP contribution in [-0.4, -0.2) is 28.1 Å². The maximum Gasteiger partial charge on any atom is 0.256 e. The van der Waals surface area contributed by atoms with Gasteiger partial charge in [0.05, 0.1) is 12.7 Å². The minimum atomic E-state index is -1.87. The van der Waals surface area contributed by atoms with E-state index in [0.717, 1.165) is 0 Å². The average Bonchev–Trinajstić information content (AvgIpc) is 2.62. The molecule has 0 aliphatic carbocycles. The fraction of sp³-hybridized carbons (Fsp3) is 0.176. The molecule has 0 radical (unpaired) electrons. The summed E-state index contributed by atoms with van der Waals surface area (Å²) in [6, 6.07) is 13.5. The van der Waals surface area contributed by atoms with Gasteiger partial charge >= 0.3 is 0 Å². The first-order valence-corrected chi connectivity index (χ1v) is 9.46. The molecule has 1 amide bonds. The second-order valence-corrected chi connectivity index (χ2v) is 8.47. The zero-order chi connectivity index (χ0) is 20.0.